The molecule has 4 nitrogen and oxygen atoms in total. The molecule has 0 aliphatic carbocycles. The summed E-state index contributed by atoms with van der Waals surface area (Å²) in [5.74, 6) is -0.0145. The summed E-state index contributed by atoms with van der Waals surface area (Å²) in [6.45, 7) is 1.45. The molecule has 0 aromatic heterocycles. The Morgan fingerprint density at radius 1 is 1.45 bits per heavy atom. The maximum absolute atomic E-state index is 12.2. The zero-order valence-electron chi connectivity index (χ0n) is 11.8. The van der Waals surface area contributed by atoms with Crippen molar-refractivity contribution < 1.29 is 9.53 Å². The molecule has 1 aliphatic rings. The highest BCUT2D eigenvalue weighted by Gasteiger charge is 2.23. The number of rotatable bonds is 5. The third kappa shape index (κ3) is 4.78. The molecule has 2 unspecified atom stereocenters. The molecule has 20 heavy (non-hydrogen) atoms. The molecule has 1 saturated heterocycles. The van der Waals surface area contributed by atoms with Crippen molar-refractivity contribution in [1.82, 2.24) is 4.90 Å². The van der Waals surface area contributed by atoms with E-state index in [2.05, 4.69) is 0 Å². The molecule has 1 fully saturated rings. The molecule has 0 saturated carbocycles. The Labute approximate surface area is 126 Å². The Hall–Kier alpha value is -1.10. The standard InChI is InChI=1S/C15H22N2O2.ClH/c1-17(11-13-8-5-9-19-13)15(18)14(16)10-12-6-3-2-4-7-12;/h2-4,6-7,13-14H,5,8-11,16H2,1H3;1H. The van der Waals surface area contributed by atoms with Gasteiger partial charge in [0.25, 0.3) is 0 Å². The van der Waals surface area contributed by atoms with Gasteiger partial charge in [0.15, 0.2) is 0 Å². The fraction of sp³-hybridized carbons (Fsp3) is 0.533. The second kappa shape index (κ2) is 8.25. The second-order valence-corrected chi connectivity index (χ2v) is 5.15. The predicted octanol–water partition coefficient (Wildman–Crippen LogP) is 1.62. The minimum absolute atomic E-state index is 0. The third-order valence-electron chi connectivity index (χ3n) is 3.49. The van der Waals surface area contributed by atoms with Gasteiger partial charge < -0.3 is 15.4 Å². The van der Waals surface area contributed by atoms with Crippen molar-refractivity contribution in [3.8, 4) is 0 Å². The first-order chi connectivity index (χ1) is 9.16. The molecule has 0 spiro atoms. The minimum Gasteiger partial charge on any atom is -0.376 e. The van der Waals surface area contributed by atoms with Gasteiger partial charge in [0.1, 0.15) is 0 Å². The summed E-state index contributed by atoms with van der Waals surface area (Å²) in [7, 11) is 1.80. The third-order valence-corrected chi connectivity index (χ3v) is 3.49. The van der Waals surface area contributed by atoms with Gasteiger partial charge in [0.2, 0.25) is 5.91 Å². The first kappa shape index (κ1) is 17.0. The number of hydrogen-bond acceptors (Lipinski definition) is 3. The van der Waals surface area contributed by atoms with Crippen LogP contribution in [0.5, 0.6) is 0 Å². The van der Waals surface area contributed by atoms with E-state index < -0.39 is 6.04 Å². The van der Waals surface area contributed by atoms with Crippen molar-refractivity contribution in [3.05, 3.63) is 35.9 Å². The van der Waals surface area contributed by atoms with Crippen LogP contribution >= 0.6 is 12.4 Å². The van der Waals surface area contributed by atoms with E-state index in [-0.39, 0.29) is 24.4 Å². The lowest BCUT2D eigenvalue weighted by Crippen LogP contribution is -2.45. The number of likely N-dealkylation sites (N-methyl/N-ethyl adjacent to an activating group) is 1. The molecule has 1 aromatic carbocycles. The second-order valence-electron chi connectivity index (χ2n) is 5.15. The number of nitrogens with zero attached hydrogens (tertiary/aromatic N) is 1. The summed E-state index contributed by atoms with van der Waals surface area (Å²) in [6, 6.07) is 9.39. The molecule has 2 N–H and O–H groups in total. The van der Waals surface area contributed by atoms with Crippen LogP contribution < -0.4 is 5.73 Å². The molecule has 0 bridgehead atoms. The Balaban J connectivity index is 0.00000200. The molecule has 0 radical (unpaired) electrons. The number of carbonyl (C=O) groups is 1. The van der Waals surface area contributed by atoms with Crippen molar-refractivity contribution in [2.45, 2.75) is 31.4 Å². The van der Waals surface area contributed by atoms with Gasteiger partial charge >= 0.3 is 0 Å². The molecule has 1 amide bonds. The molecular formula is C15H23ClN2O2. The van der Waals surface area contributed by atoms with Crippen LogP contribution in [-0.2, 0) is 16.0 Å². The van der Waals surface area contributed by atoms with Gasteiger partial charge in [-0.1, -0.05) is 30.3 Å². The fourth-order valence-corrected chi connectivity index (χ4v) is 2.42. The van der Waals surface area contributed by atoms with Crippen molar-refractivity contribution >= 4 is 18.3 Å². The lowest BCUT2D eigenvalue weighted by atomic mass is 10.1. The van der Waals surface area contributed by atoms with Gasteiger partial charge in [-0.2, -0.15) is 0 Å². The van der Waals surface area contributed by atoms with E-state index in [1.165, 1.54) is 0 Å². The molecule has 1 heterocycles. The number of amides is 1. The molecule has 5 heteroatoms. The average Bonchev–Trinajstić information content (AvgIpc) is 2.91. The van der Waals surface area contributed by atoms with E-state index in [4.69, 9.17) is 10.5 Å². The van der Waals surface area contributed by atoms with E-state index in [1.807, 2.05) is 30.3 Å². The van der Waals surface area contributed by atoms with E-state index >= 15 is 0 Å². The number of ether oxygens (including phenoxy) is 1. The monoisotopic (exact) mass is 298 g/mol. The predicted molar refractivity (Wildman–Crippen MR) is 82.0 cm³/mol. The fourth-order valence-electron chi connectivity index (χ4n) is 2.42. The number of benzene rings is 1. The van der Waals surface area contributed by atoms with Crippen LogP contribution in [0, 0.1) is 0 Å². The number of nitrogens with two attached hydrogens (primary N) is 1. The number of hydrogen-bond donors (Lipinski definition) is 1. The molecule has 1 aliphatic heterocycles. The van der Waals surface area contributed by atoms with Crippen LogP contribution in [-0.4, -0.2) is 43.2 Å². The van der Waals surface area contributed by atoms with E-state index in [0.29, 0.717) is 13.0 Å². The summed E-state index contributed by atoms with van der Waals surface area (Å²) >= 11 is 0. The topological polar surface area (TPSA) is 55.6 Å². The highest BCUT2D eigenvalue weighted by molar-refractivity contribution is 5.85. The Morgan fingerprint density at radius 2 is 2.15 bits per heavy atom. The average molecular weight is 299 g/mol. The zero-order chi connectivity index (χ0) is 13.7. The first-order valence-electron chi connectivity index (χ1n) is 6.83. The lowest BCUT2D eigenvalue weighted by molar-refractivity contribution is -0.132. The normalized spacial score (nSPS) is 19.2. The highest BCUT2D eigenvalue weighted by Crippen LogP contribution is 2.13. The summed E-state index contributed by atoms with van der Waals surface area (Å²) in [4.78, 5) is 13.9. The van der Waals surface area contributed by atoms with E-state index in [0.717, 1.165) is 25.0 Å². The van der Waals surface area contributed by atoms with Crippen molar-refractivity contribution in [1.29, 1.82) is 0 Å². The molecule has 2 rings (SSSR count). The summed E-state index contributed by atoms with van der Waals surface area (Å²) in [6.07, 6.45) is 2.88. The Kier molecular flexibility index (Phi) is 6.99. The zero-order valence-corrected chi connectivity index (χ0v) is 12.6. The van der Waals surface area contributed by atoms with Gasteiger partial charge in [-0.15, -0.1) is 12.4 Å². The van der Waals surface area contributed by atoms with Gasteiger partial charge in [-0.25, -0.2) is 0 Å². The summed E-state index contributed by atoms with van der Waals surface area (Å²) in [5.41, 5.74) is 7.08. The van der Waals surface area contributed by atoms with Crippen LogP contribution in [0.3, 0.4) is 0 Å². The maximum Gasteiger partial charge on any atom is 0.239 e. The van der Waals surface area contributed by atoms with Crippen LogP contribution in [0.4, 0.5) is 0 Å². The molecule has 1 aromatic rings. The largest absolute Gasteiger partial charge is 0.376 e. The lowest BCUT2D eigenvalue weighted by Gasteiger charge is -2.24. The number of carbonyl (C=O) groups excluding carboxylic acids is 1. The van der Waals surface area contributed by atoms with Gasteiger partial charge in [0.05, 0.1) is 12.1 Å². The van der Waals surface area contributed by atoms with Crippen molar-refractivity contribution in [2.75, 3.05) is 20.2 Å². The van der Waals surface area contributed by atoms with Gasteiger partial charge in [-0.3, -0.25) is 4.79 Å². The van der Waals surface area contributed by atoms with Crippen LogP contribution in [0.2, 0.25) is 0 Å². The Morgan fingerprint density at radius 3 is 2.75 bits per heavy atom. The van der Waals surface area contributed by atoms with E-state index in [9.17, 15) is 4.79 Å². The highest BCUT2D eigenvalue weighted by atomic mass is 35.5. The summed E-state index contributed by atoms with van der Waals surface area (Å²) in [5, 5.41) is 0. The number of halogens is 1. The first-order valence-corrected chi connectivity index (χ1v) is 6.83. The SMILES string of the molecule is CN(CC1CCCO1)C(=O)C(N)Cc1ccccc1.Cl. The quantitative estimate of drug-likeness (QED) is 0.898. The van der Waals surface area contributed by atoms with Crippen LogP contribution in [0.1, 0.15) is 18.4 Å². The molecule has 2 atom stereocenters. The van der Waals surface area contributed by atoms with Crippen LogP contribution in [0.25, 0.3) is 0 Å². The minimum atomic E-state index is -0.478. The van der Waals surface area contributed by atoms with Crippen LogP contribution in [0.15, 0.2) is 30.3 Å². The van der Waals surface area contributed by atoms with Crippen molar-refractivity contribution in [2.24, 2.45) is 5.73 Å². The smallest absolute Gasteiger partial charge is 0.239 e. The van der Waals surface area contributed by atoms with E-state index in [1.54, 1.807) is 11.9 Å². The maximum atomic E-state index is 12.2. The van der Waals surface area contributed by atoms with Gasteiger partial charge in [0, 0.05) is 20.2 Å². The van der Waals surface area contributed by atoms with Crippen molar-refractivity contribution in [3.63, 3.8) is 0 Å². The Bertz CT molecular complexity index is 408. The molecular weight excluding hydrogens is 276 g/mol. The molecule has 112 valence electrons. The van der Waals surface area contributed by atoms with Gasteiger partial charge in [-0.05, 0) is 24.8 Å². The summed E-state index contributed by atoms with van der Waals surface area (Å²) < 4.78 is 5.54.